The molecule has 0 bridgehead atoms. The molecule has 0 fully saturated rings. The van der Waals surface area contributed by atoms with Crippen molar-refractivity contribution in [3.05, 3.63) is 69.8 Å². The molecule has 2 rings (SSSR count). The van der Waals surface area contributed by atoms with Crippen LogP contribution in [0.15, 0.2) is 48.5 Å². The predicted molar refractivity (Wildman–Crippen MR) is 69.2 cm³/mol. The van der Waals surface area contributed by atoms with Gasteiger partial charge < -0.3 is 4.74 Å². The standard InChI is InChI=1S/C14H11NO4/c1-10-5-4-6-11(9-10)14(16)19-13-8-3-2-7-12(13)15(17)18/h2-9H,1H3. The summed E-state index contributed by atoms with van der Waals surface area (Å²) >= 11 is 0. The number of nitro benzene ring substituents is 1. The van der Waals surface area contributed by atoms with E-state index in [1.54, 1.807) is 24.3 Å². The lowest BCUT2D eigenvalue weighted by atomic mass is 10.1. The lowest BCUT2D eigenvalue weighted by Crippen LogP contribution is -2.09. The fourth-order valence-corrected chi connectivity index (χ4v) is 1.63. The number of carbonyl (C=O) groups is 1. The van der Waals surface area contributed by atoms with Gasteiger partial charge in [0.1, 0.15) is 0 Å². The quantitative estimate of drug-likeness (QED) is 0.366. The van der Waals surface area contributed by atoms with Gasteiger partial charge >= 0.3 is 11.7 Å². The number of carbonyl (C=O) groups excluding carboxylic acids is 1. The summed E-state index contributed by atoms with van der Waals surface area (Å²) in [6.07, 6.45) is 0. The van der Waals surface area contributed by atoms with Crippen molar-refractivity contribution in [2.75, 3.05) is 0 Å². The van der Waals surface area contributed by atoms with Crippen molar-refractivity contribution in [3.8, 4) is 5.75 Å². The third-order valence-corrected chi connectivity index (χ3v) is 2.52. The summed E-state index contributed by atoms with van der Waals surface area (Å²) in [7, 11) is 0. The van der Waals surface area contributed by atoms with E-state index < -0.39 is 10.9 Å². The van der Waals surface area contributed by atoms with Crippen LogP contribution in [0.1, 0.15) is 15.9 Å². The van der Waals surface area contributed by atoms with Gasteiger partial charge in [-0.3, -0.25) is 10.1 Å². The molecule has 2 aromatic rings. The van der Waals surface area contributed by atoms with Crippen LogP contribution in [-0.2, 0) is 0 Å². The van der Waals surface area contributed by atoms with Gasteiger partial charge in [0.15, 0.2) is 0 Å². The second-order valence-electron chi connectivity index (χ2n) is 3.98. The van der Waals surface area contributed by atoms with Crippen LogP contribution in [0.3, 0.4) is 0 Å². The van der Waals surface area contributed by atoms with Gasteiger partial charge in [0, 0.05) is 6.07 Å². The van der Waals surface area contributed by atoms with Gasteiger partial charge in [-0.1, -0.05) is 29.8 Å². The zero-order valence-electron chi connectivity index (χ0n) is 10.2. The zero-order chi connectivity index (χ0) is 13.8. The first-order valence-electron chi connectivity index (χ1n) is 5.60. The largest absolute Gasteiger partial charge is 0.416 e. The summed E-state index contributed by atoms with van der Waals surface area (Å²) < 4.78 is 5.07. The number of hydrogen-bond acceptors (Lipinski definition) is 4. The minimum Gasteiger partial charge on any atom is -0.416 e. The van der Waals surface area contributed by atoms with Crippen LogP contribution in [0, 0.1) is 17.0 Å². The number of esters is 1. The molecular formula is C14H11NO4. The molecule has 0 saturated carbocycles. The van der Waals surface area contributed by atoms with Crippen molar-refractivity contribution >= 4 is 11.7 Å². The van der Waals surface area contributed by atoms with E-state index >= 15 is 0 Å². The van der Waals surface area contributed by atoms with Crippen LogP contribution in [0.25, 0.3) is 0 Å². The van der Waals surface area contributed by atoms with Gasteiger partial charge in [-0.15, -0.1) is 0 Å². The fraction of sp³-hybridized carbons (Fsp3) is 0.0714. The predicted octanol–water partition coefficient (Wildman–Crippen LogP) is 3.12. The summed E-state index contributed by atoms with van der Waals surface area (Å²) in [6, 6.07) is 12.6. The summed E-state index contributed by atoms with van der Waals surface area (Å²) in [5.41, 5.74) is 1.04. The van der Waals surface area contributed by atoms with E-state index in [2.05, 4.69) is 0 Å². The van der Waals surface area contributed by atoms with Gasteiger partial charge in [0.25, 0.3) is 0 Å². The summed E-state index contributed by atoms with van der Waals surface area (Å²) in [5.74, 6) is -0.669. The van der Waals surface area contributed by atoms with Gasteiger partial charge in [0.05, 0.1) is 10.5 Å². The molecule has 0 atom stereocenters. The summed E-state index contributed by atoms with van der Waals surface area (Å²) in [6.45, 7) is 1.85. The molecule has 96 valence electrons. The highest BCUT2D eigenvalue weighted by Gasteiger charge is 2.17. The van der Waals surface area contributed by atoms with E-state index in [9.17, 15) is 14.9 Å². The number of rotatable bonds is 3. The van der Waals surface area contributed by atoms with Gasteiger partial charge in [0.2, 0.25) is 5.75 Å². The highest BCUT2D eigenvalue weighted by molar-refractivity contribution is 5.91. The maximum absolute atomic E-state index is 11.9. The number of hydrogen-bond donors (Lipinski definition) is 0. The van der Waals surface area contributed by atoms with Crippen molar-refractivity contribution in [1.29, 1.82) is 0 Å². The van der Waals surface area contributed by atoms with Crippen molar-refractivity contribution in [1.82, 2.24) is 0 Å². The van der Waals surface area contributed by atoms with E-state index in [0.29, 0.717) is 5.56 Å². The fourth-order valence-electron chi connectivity index (χ4n) is 1.63. The molecule has 0 aliphatic heterocycles. The molecule has 0 saturated heterocycles. The maximum Gasteiger partial charge on any atom is 0.343 e. The Balaban J connectivity index is 2.27. The summed E-state index contributed by atoms with van der Waals surface area (Å²) in [4.78, 5) is 22.1. The van der Waals surface area contributed by atoms with E-state index in [1.165, 1.54) is 18.2 Å². The van der Waals surface area contributed by atoms with Crippen molar-refractivity contribution in [3.63, 3.8) is 0 Å². The van der Waals surface area contributed by atoms with Crippen LogP contribution in [0.4, 0.5) is 5.69 Å². The molecule has 5 heteroatoms. The monoisotopic (exact) mass is 257 g/mol. The van der Waals surface area contributed by atoms with Gasteiger partial charge in [-0.2, -0.15) is 0 Å². The molecule has 0 aromatic heterocycles. The Labute approximate surface area is 109 Å². The molecule has 2 aromatic carbocycles. The molecule has 0 N–H and O–H groups in total. The molecule has 0 aliphatic carbocycles. The van der Waals surface area contributed by atoms with E-state index in [4.69, 9.17) is 4.74 Å². The average molecular weight is 257 g/mol. The zero-order valence-corrected chi connectivity index (χ0v) is 10.2. The van der Waals surface area contributed by atoms with Crippen LogP contribution in [0.2, 0.25) is 0 Å². The Morgan fingerprint density at radius 2 is 1.89 bits per heavy atom. The molecule has 0 spiro atoms. The number of para-hydroxylation sites is 2. The number of aryl methyl sites for hydroxylation is 1. The first-order chi connectivity index (χ1) is 9.08. The second-order valence-corrected chi connectivity index (χ2v) is 3.98. The van der Waals surface area contributed by atoms with Crippen LogP contribution in [0.5, 0.6) is 5.75 Å². The topological polar surface area (TPSA) is 69.4 Å². The summed E-state index contributed by atoms with van der Waals surface area (Å²) in [5, 5.41) is 10.8. The minimum atomic E-state index is -0.613. The number of nitrogens with zero attached hydrogens (tertiary/aromatic N) is 1. The lowest BCUT2D eigenvalue weighted by Gasteiger charge is -2.05. The highest BCUT2D eigenvalue weighted by Crippen LogP contribution is 2.26. The Morgan fingerprint density at radius 3 is 2.58 bits per heavy atom. The van der Waals surface area contributed by atoms with Crippen LogP contribution >= 0.6 is 0 Å². The SMILES string of the molecule is Cc1cccc(C(=O)Oc2ccccc2[N+](=O)[O-])c1. The Hall–Kier alpha value is -2.69. The molecule has 19 heavy (non-hydrogen) atoms. The number of ether oxygens (including phenoxy) is 1. The molecule has 0 amide bonds. The van der Waals surface area contributed by atoms with Crippen molar-refractivity contribution in [2.45, 2.75) is 6.92 Å². The van der Waals surface area contributed by atoms with Gasteiger partial charge in [-0.05, 0) is 25.1 Å². The van der Waals surface area contributed by atoms with Crippen molar-refractivity contribution in [2.24, 2.45) is 0 Å². The maximum atomic E-state index is 11.9. The third-order valence-electron chi connectivity index (χ3n) is 2.52. The molecule has 0 unspecified atom stereocenters. The highest BCUT2D eigenvalue weighted by atomic mass is 16.6. The van der Waals surface area contributed by atoms with Crippen molar-refractivity contribution < 1.29 is 14.5 Å². The number of nitro groups is 1. The van der Waals surface area contributed by atoms with Crippen LogP contribution < -0.4 is 4.74 Å². The third kappa shape index (κ3) is 2.95. The van der Waals surface area contributed by atoms with Gasteiger partial charge in [-0.25, -0.2) is 4.79 Å². The first-order valence-corrected chi connectivity index (χ1v) is 5.60. The Kier molecular flexibility index (Phi) is 3.56. The van der Waals surface area contributed by atoms with Crippen LogP contribution in [-0.4, -0.2) is 10.9 Å². The first kappa shape index (κ1) is 12.8. The number of benzene rings is 2. The molecule has 5 nitrogen and oxygen atoms in total. The minimum absolute atomic E-state index is 0.0565. The normalized spacial score (nSPS) is 9.95. The van der Waals surface area contributed by atoms with E-state index in [-0.39, 0.29) is 11.4 Å². The van der Waals surface area contributed by atoms with E-state index in [1.807, 2.05) is 13.0 Å². The molecule has 0 radical (unpaired) electrons. The Morgan fingerprint density at radius 1 is 1.16 bits per heavy atom. The smallest absolute Gasteiger partial charge is 0.343 e. The molecule has 0 aliphatic rings. The average Bonchev–Trinajstić information content (AvgIpc) is 2.39. The molecule has 0 heterocycles. The van der Waals surface area contributed by atoms with E-state index in [0.717, 1.165) is 5.56 Å². The molecular weight excluding hydrogens is 246 g/mol. The lowest BCUT2D eigenvalue weighted by molar-refractivity contribution is -0.385. The second kappa shape index (κ2) is 5.30. The Bertz CT molecular complexity index is 637.